The topological polar surface area (TPSA) is 24.8 Å². The first-order valence-electron chi connectivity index (χ1n) is 8.96. The molecule has 2 fully saturated rings. The molecule has 0 bridgehead atoms. The van der Waals surface area contributed by atoms with Crippen molar-refractivity contribution in [2.75, 3.05) is 32.8 Å². The lowest BCUT2D eigenvalue weighted by molar-refractivity contribution is 0.0288. The van der Waals surface area contributed by atoms with Crippen molar-refractivity contribution in [2.45, 2.75) is 66.3 Å². The third-order valence-electron chi connectivity index (χ3n) is 5.01. The molecule has 2 aliphatic rings. The predicted octanol–water partition coefficient (Wildman–Crippen LogP) is 4.02. The molecule has 2 rings (SSSR count). The van der Waals surface area contributed by atoms with Crippen molar-refractivity contribution < 1.29 is 4.74 Å². The zero-order valence-corrected chi connectivity index (χ0v) is 15.6. The van der Waals surface area contributed by atoms with Gasteiger partial charge in [-0.25, -0.2) is 0 Å². The van der Waals surface area contributed by atoms with Gasteiger partial charge in [-0.3, -0.25) is 9.89 Å². The van der Waals surface area contributed by atoms with Crippen LogP contribution in [-0.4, -0.2) is 49.5 Å². The Kier molecular flexibility index (Phi) is 5.38. The van der Waals surface area contributed by atoms with Crippen LogP contribution in [0.15, 0.2) is 4.99 Å². The summed E-state index contributed by atoms with van der Waals surface area (Å²) in [7, 11) is 0. The lowest BCUT2D eigenvalue weighted by Crippen LogP contribution is -2.43. The monoisotopic (exact) mass is 308 g/mol. The highest BCUT2D eigenvalue weighted by molar-refractivity contribution is 5.65. The fourth-order valence-corrected chi connectivity index (χ4v) is 4.75. The highest BCUT2D eigenvalue weighted by atomic mass is 16.5. The van der Waals surface area contributed by atoms with Crippen LogP contribution >= 0.6 is 0 Å². The van der Waals surface area contributed by atoms with Crippen LogP contribution in [0.4, 0.5) is 0 Å². The summed E-state index contributed by atoms with van der Waals surface area (Å²) >= 11 is 0. The summed E-state index contributed by atoms with van der Waals surface area (Å²) in [6.07, 6.45) is 6.00. The molecule has 2 atom stereocenters. The van der Waals surface area contributed by atoms with Gasteiger partial charge in [0.05, 0.1) is 18.8 Å². The van der Waals surface area contributed by atoms with Gasteiger partial charge in [-0.05, 0) is 37.5 Å². The minimum atomic E-state index is 0.115. The Morgan fingerprint density at radius 3 is 2.41 bits per heavy atom. The number of nitrogens with zero attached hydrogens (tertiary/aromatic N) is 2. The highest BCUT2D eigenvalue weighted by Crippen LogP contribution is 2.45. The standard InChI is InChI=1S/C19H36N2O/c1-16-11-17(2,3)13-19(6,12-16)20-14-18(4,5)15-21-7-9-22-10-8-21/h14,16H,7-13,15H2,1-6H3. The van der Waals surface area contributed by atoms with Crippen LogP contribution in [0.2, 0.25) is 0 Å². The van der Waals surface area contributed by atoms with Crippen molar-refractivity contribution in [1.29, 1.82) is 0 Å². The summed E-state index contributed by atoms with van der Waals surface area (Å²) in [5.41, 5.74) is 0.659. The number of hydrogen-bond donors (Lipinski definition) is 0. The van der Waals surface area contributed by atoms with E-state index < -0.39 is 0 Å². The van der Waals surface area contributed by atoms with Crippen LogP contribution < -0.4 is 0 Å². The molecule has 0 radical (unpaired) electrons. The molecular weight excluding hydrogens is 272 g/mol. The van der Waals surface area contributed by atoms with E-state index >= 15 is 0 Å². The van der Waals surface area contributed by atoms with E-state index in [2.05, 4.69) is 52.7 Å². The molecule has 1 aliphatic heterocycles. The van der Waals surface area contributed by atoms with Crippen molar-refractivity contribution in [1.82, 2.24) is 4.90 Å². The van der Waals surface area contributed by atoms with Gasteiger partial charge in [-0.15, -0.1) is 0 Å². The Balaban J connectivity index is 1.98. The summed E-state index contributed by atoms with van der Waals surface area (Å²) in [6, 6.07) is 0. The molecule has 0 N–H and O–H groups in total. The minimum Gasteiger partial charge on any atom is -0.379 e. The molecule has 1 aliphatic carbocycles. The normalized spacial score (nSPS) is 34.2. The van der Waals surface area contributed by atoms with E-state index in [1.807, 2.05) is 0 Å². The molecule has 0 aromatic rings. The summed E-state index contributed by atoms with van der Waals surface area (Å²) in [6.45, 7) is 19.1. The zero-order chi connectivity index (χ0) is 16.4. The second-order valence-corrected chi connectivity index (χ2v) is 9.49. The number of rotatable bonds is 4. The summed E-state index contributed by atoms with van der Waals surface area (Å²) in [5, 5.41) is 0. The smallest absolute Gasteiger partial charge is 0.0594 e. The van der Waals surface area contributed by atoms with Crippen LogP contribution in [-0.2, 0) is 4.74 Å². The van der Waals surface area contributed by atoms with Gasteiger partial charge in [0.25, 0.3) is 0 Å². The SMILES string of the molecule is CC1CC(C)(C)CC(C)(N=CC(C)(C)CN2CCOCC2)C1. The third-order valence-corrected chi connectivity index (χ3v) is 5.01. The molecule has 1 saturated carbocycles. The molecule has 128 valence electrons. The van der Waals surface area contributed by atoms with E-state index in [0.29, 0.717) is 5.41 Å². The molecule has 22 heavy (non-hydrogen) atoms. The Hall–Kier alpha value is -0.410. The quantitative estimate of drug-likeness (QED) is 0.733. The Labute approximate surface area is 137 Å². The number of ether oxygens (including phenoxy) is 1. The molecule has 2 unspecified atom stereocenters. The van der Waals surface area contributed by atoms with Crippen molar-refractivity contribution >= 4 is 6.21 Å². The summed E-state index contributed by atoms with van der Waals surface area (Å²) in [4.78, 5) is 7.62. The maximum atomic E-state index is 5.44. The predicted molar refractivity (Wildman–Crippen MR) is 94.7 cm³/mol. The van der Waals surface area contributed by atoms with Gasteiger partial charge in [-0.1, -0.05) is 34.6 Å². The van der Waals surface area contributed by atoms with Crippen LogP contribution in [0.1, 0.15) is 60.8 Å². The van der Waals surface area contributed by atoms with E-state index in [9.17, 15) is 0 Å². The fourth-order valence-electron chi connectivity index (χ4n) is 4.75. The number of morpholine rings is 1. The molecule has 1 heterocycles. The summed E-state index contributed by atoms with van der Waals surface area (Å²) in [5.74, 6) is 0.772. The van der Waals surface area contributed by atoms with E-state index in [-0.39, 0.29) is 11.0 Å². The van der Waals surface area contributed by atoms with Crippen molar-refractivity contribution in [3.8, 4) is 0 Å². The maximum absolute atomic E-state index is 5.44. The third kappa shape index (κ3) is 5.34. The Morgan fingerprint density at radius 2 is 1.82 bits per heavy atom. The van der Waals surface area contributed by atoms with E-state index in [0.717, 1.165) is 38.8 Å². The van der Waals surface area contributed by atoms with Gasteiger partial charge < -0.3 is 4.74 Å². The second-order valence-electron chi connectivity index (χ2n) is 9.49. The van der Waals surface area contributed by atoms with Gasteiger partial charge in [0.1, 0.15) is 0 Å². The van der Waals surface area contributed by atoms with Gasteiger partial charge in [0.2, 0.25) is 0 Å². The van der Waals surface area contributed by atoms with Crippen molar-refractivity contribution in [2.24, 2.45) is 21.7 Å². The first-order chi connectivity index (χ1) is 10.1. The van der Waals surface area contributed by atoms with E-state index in [4.69, 9.17) is 9.73 Å². The molecule has 0 spiro atoms. The molecule has 0 aromatic carbocycles. The second kappa shape index (κ2) is 6.60. The first-order valence-corrected chi connectivity index (χ1v) is 8.96. The molecule has 3 heteroatoms. The zero-order valence-electron chi connectivity index (χ0n) is 15.6. The first kappa shape index (κ1) is 17.9. The van der Waals surface area contributed by atoms with E-state index in [1.54, 1.807) is 0 Å². The Morgan fingerprint density at radius 1 is 1.18 bits per heavy atom. The minimum absolute atomic E-state index is 0.115. The summed E-state index contributed by atoms with van der Waals surface area (Å²) < 4.78 is 5.44. The van der Waals surface area contributed by atoms with Crippen LogP contribution in [0.3, 0.4) is 0 Å². The fraction of sp³-hybridized carbons (Fsp3) is 0.947. The molecular formula is C19H36N2O. The lowest BCUT2D eigenvalue weighted by Gasteiger charge is -2.44. The average molecular weight is 309 g/mol. The maximum Gasteiger partial charge on any atom is 0.0594 e. The molecule has 0 aromatic heterocycles. The van der Waals surface area contributed by atoms with Gasteiger partial charge in [-0.2, -0.15) is 0 Å². The van der Waals surface area contributed by atoms with Gasteiger partial charge in [0, 0.05) is 31.3 Å². The van der Waals surface area contributed by atoms with Crippen molar-refractivity contribution in [3.63, 3.8) is 0 Å². The van der Waals surface area contributed by atoms with Crippen LogP contribution in [0.25, 0.3) is 0 Å². The van der Waals surface area contributed by atoms with E-state index in [1.165, 1.54) is 19.3 Å². The van der Waals surface area contributed by atoms with Gasteiger partial charge in [0.15, 0.2) is 0 Å². The number of hydrogen-bond acceptors (Lipinski definition) is 3. The van der Waals surface area contributed by atoms with Crippen LogP contribution in [0, 0.1) is 16.7 Å². The van der Waals surface area contributed by atoms with Crippen molar-refractivity contribution in [3.05, 3.63) is 0 Å². The average Bonchev–Trinajstić information content (AvgIpc) is 2.34. The molecule has 0 amide bonds. The largest absolute Gasteiger partial charge is 0.379 e. The lowest BCUT2D eigenvalue weighted by atomic mass is 9.65. The van der Waals surface area contributed by atoms with Gasteiger partial charge >= 0.3 is 0 Å². The highest BCUT2D eigenvalue weighted by Gasteiger charge is 2.39. The number of aliphatic imine (C=N–C) groups is 1. The molecule has 3 nitrogen and oxygen atoms in total. The van der Waals surface area contributed by atoms with Crippen LogP contribution in [0.5, 0.6) is 0 Å². The Bertz CT molecular complexity index is 396. The molecule has 1 saturated heterocycles.